The average Bonchev–Trinajstić information content (AvgIpc) is 2.73. The Morgan fingerprint density at radius 2 is 1.68 bits per heavy atom. The van der Waals surface area contributed by atoms with Gasteiger partial charge in [-0.25, -0.2) is 4.39 Å². The summed E-state index contributed by atoms with van der Waals surface area (Å²) < 4.78 is 91.3. The molecule has 25 heavy (non-hydrogen) atoms. The van der Waals surface area contributed by atoms with Gasteiger partial charge in [-0.2, -0.15) is 31.4 Å². The molecule has 0 aliphatic rings. The summed E-state index contributed by atoms with van der Waals surface area (Å²) >= 11 is 0.452. The molecule has 0 aliphatic heterocycles. The van der Waals surface area contributed by atoms with Crippen molar-refractivity contribution in [2.24, 2.45) is 7.05 Å². The van der Waals surface area contributed by atoms with Gasteiger partial charge >= 0.3 is 12.4 Å². The van der Waals surface area contributed by atoms with Crippen molar-refractivity contribution in [1.82, 2.24) is 9.78 Å². The van der Waals surface area contributed by atoms with Gasteiger partial charge in [-0.1, -0.05) is 0 Å². The van der Waals surface area contributed by atoms with Crippen LogP contribution in [0.25, 0.3) is 11.3 Å². The van der Waals surface area contributed by atoms with Crippen molar-refractivity contribution in [3.8, 4) is 11.3 Å². The molecule has 0 atom stereocenters. The van der Waals surface area contributed by atoms with E-state index in [1.54, 1.807) is 0 Å². The molecule has 2 rings (SSSR count). The fourth-order valence-electron chi connectivity index (χ4n) is 2.42. The van der Waals surface area contributed by atoms with Crippen LogP contribution in [-0.4, -0.2) is 21.7 Å². The van der Waals surface area contributed by atoms with Gasteiger partial charge in [0.15, 0.2) is 5.69 Å². The highest BCUT2D eigenvalue weighted by molar-refractivity contribution is 7.99. The zero-order valence-corrected chi connectivity index (χ0v) is 14.1. The second-order valence-electron chi connectivity index (χ2n) is 5.44. The van der Waals surface area contributed by atoms with Crippen molar-refractivity contribution in [2.75, 3.05) is 5.75 Å². The maximum atomic E-state index is 14.3. The second-order valence-corrected chi connectivity index (χ2v) is 6.46. The molecule has 0 saturated carbocycles. The molecule has 138 valence electrons. The molecule has 1 aromatic heterocycles. The molecule has 0 fully saturated rings. The number of hydrogen-bond donors (Lipinski definition) is 0. The number of nitrogens with zero attached hydrogens (tertiary/aromatic N) is 2. The van der Waals surface area contributed by atoms with E-state index in [2.05, 4.69) is 5.10 Å². The molecule has 0 bridgehead atoms. The van der Waals surface area contributed by atoms with E-state index in [9.17, 15) is 30.7 Å². The Kier molecular flexibility index (Phi) is 5.13. The lowest BCUT2D eigenvalue weighted by molar-refractivity contribution is -0.141. The van der Waals surface area contributed by atoms with E-state index < -0.39 is 29.6 Å². The highest BCUT2D eigenvalue weighted by Crippen LogP contribution is 2.39. The summed E-state index contributed by atoms with van der Waals surface area (Å²) in [5.41, 5.74) is -1.53. The van der Waals surface area contributed by atoms with Gasteiger partial charge in [0.2, 0.25) is 0 Å². The molecular weight excluding hydrogens is 373 g/mol. The van der Waals surface area contributed by atoms with Gasteiger partial charge in [0.1, 0.15) is 5.82 Å². The maximum Gasteiger partial charge on any atom is 0.435 e. The second kappa shape index (κ2) is 6.54. The van der Waals surface area contributed by atoms with Crippen molar-refractivity contribution in [1.29, 1.82) is 0 Å². The van der Waals surface area contributed by atoms with Crippen LogP contribution in [0.3, 0.4) is 0 Å². The largest absolute Gasteiger partial charge is 0.435 e. The van der Waals surface area contributed by atoms with Gasteiger partial charge in [-0.05, 0) is 31.5 Å². The zero-order chi connectivity index (χ0) is 19.2. The molecule has 0 N–H and O–H groups in total. The number of rotatable bonds is 3. The van der Waals surface area contributed by atoms with Crippen molar-refractivity contribution in [3.63, 3.8) is 0 Å². The molecule has 0 amide bonds. The quantitative estimate of drug-likeness (QED) is 0.511. The average molecular weight is 386 g/mol. The monoisotopic (exact) mass is 386 g/mol. The maximum absolute atomic E-state index is 14.3. The number of aryl methyl sites for hydroxylation is 2. The summed E-state index contributed by atoms with van der Waals surface area (Å²) in [6.07, 6.45) is -9.13. The number of halogens is 7. The highest BCUT2D eigenvalue weighted by atomic mass is 32.2. The van der Waals surface area contributed by atoms with Crippen LogP contribution in [0.4, 0.5) is 30.7 Å². The summed E-state index contributed by atoms with van der Waals surface area (Å²) in [4.78, 5) is 0.142. The number of alkyl halides is 6. The molecule has 10 heteroatoms. The number of hydrogen-bond acceptors (Lipinski definition) is 2. The third-order valence-electron chi connectivity index (χ3n) is 3.46. The summed E-state index contributed by atoms with van der Waals surface area (Å²) in [6.45, 7) is 2.58. The minimum Gasteiger partial charge on any atom is -0.267 e. The summed E-state index contributed by atoms with van der Waals surface area (Å²) in [5.74, 6) is -2.01. The highest BCUT2D eigenvalue weighted by Gasteiger charge is 2.38. The number of aromatic nitrogens is 2. The molecule has 2 aromatic rings. The SMILES string of the molecule is Cc1cc(F)c(-c2c(C)c(C(F)(F)F)nn2C)cc1SCC(F)(F)F. The van der Waals surface area contributed by atoms with Gasteiger partial charge in [0.05, 0.1) is 11.4 Å². The van der Waals surface area contributed by atoms with Crippen molar-refractivity contribution in [2.45, 2.75) is 31.1 Å². The first-order valence-corrected chi connectivity index (χ1v) is 7.90. The lowest BCUT2D eigenvalue weighted by Crippen LogP contribution is -2.10. The Morgan fingerprint density at radius 3 is 2.16 bits per heavy atom. The summed E-state index contributed by atoms with van der Waals surface area (Å²) in [7, 11) is 1.22. The van der Waals surface area contributed by atoms with Gasteiger partial charge in [-0.15, -0.1) is 11.8 Å². The third-order valence-corrected chi connectivity index (χ3v) is 4.69. The lowest BCUT2D eigenvalue weighted by atomic mass is 10.0. The van der Waals surface area contributed by atoms with E-state index in [0.717, 1.165) is 23.7 Å². The summed E-state index contributed by atoms with van der Waals surface area (Å²) in [6, 6.07) is 2.14. The topological polar surface area (TPSA) is 17.8 Å². The Bertz CT molecular complexity index is 791. The van der Waals surface area contributed by atoms with Crippen molar-refractivity contribution < 1.29 is 30.7 Å². The molecule has 0 radical (unpaired) electrons. The summed E-state index contributed by atoms with van der Waals surface area (Å²) in [5, 5.41) is 3.37. The van der Waals surface area contributed by atoms with Crippen molar-refractivity contribution in [3.05, 3.63) is 34.8 Å². The van der Waals surface area contributed by atoms with E-state index in [0.29, 0.717) is 11.8 Å². The zero-order valence-electron chi connectivity index (χ0n) is 13.3. The molecular formula is C15H13F7N2S. The predicted octanol–water partition coefficient (Wildman–Crippen LogP) is 5.52. The van der Waals surface area contributed by atoms with E-state index >= 15 is 0 Å². The molecule has 2 nitrogen and oxygen atoms in total. The van der Waals surface area contributed by atoms with Crippen LogP contribution < -0.4 is 0 Å². The van der Waals surface area contributed by atoms with Gasteiger partial charge in [0.25, 0.3) is 0 Å². The van der Waals surface area contributed by atoms with Crippen LogP contribution in [0.5, 0.6) is 0 Å². The Labute approximate surface area is 143 Å². The number of benzene rings is 1. The first-order valence-electron chi connectivity index (χ1n) is 6.92. The fourth-order valence-corrected chi connectivity index (χ4v) is 3.23. The van der Waals surface area contributed by atoms with Gasteiger partial charge in [0, 0.05) is 23.1 Å². The first kappa shape index (κ1) is 19.6. The van der Waals surface area contributed by atoms with Crippen LogP contribution in [0.1, 0.15) is 16.8 Å². The normalized spacial score (nSPS) is 12.7. The third kappa shape index (κ3) is 4.28. The van der Waals surface area contributed by atoms with E-state index in [-0.39, 0.29) is 27.3 Å². The fraction of sp³-hybridized carbons (Fsp3) is 0.400. The Balaban J connectivity index is 2.55. The standard InChI is InChI=1S/C15H13F7N2S/c1-7-4-10(16)9(5-11(7)25-6-14(17,18)19)12-8(2)13(15(20,21)22)23-24(12)3/h4-5H,6H2,1-3H3. The predicted molar refractivity (Wildman–Crippen MR) is 79.9 cm³/mol. The number of thioether (sulfide) groups is 1. The van der Waals surface area contributed by atoms with Gasteiger partial charge < -0.3 is 0 Å². The lowest BCUT2D eigenvalue weighted by Gasteiger charge is -2.12. The van der Waals surface area contributed by atoms with Crippen LogP contribution >= 0.6 is 11.8 Å². The minimum absolute atomic E-state index is 0.126. The smallest absolute Gasteiger partial charge is 0.267 e. The van der Waals surface area contributed by atoms with Gasteiger partial charge in [-0.3, -0.25) is 4.68 Å². The van der Waals surface area contributed by atoms with E-state index in [1.165, 1.54) is 14.0 Å². The van der Waals surface area contributed by atoms with Crippen molar-refractivity contribution >= 4 is 11.8 Å². The first-order chi connectivity index (χ1) is 11.3. The minimum atomic E-state index is -4.71. The molecule has 0 spiro atoms. The Hall–Kier alpha value is -1.71. The van der Waals surface area contributed by atoms with Crippen LogP contribution in [0.15, 0.2) is 17.0 Å². The van der Waals surface area contributed by atoms with Crippen LogP contribution in [0, 0.1) is 19.7 Å². The molecule has 1 aromatic carbocycles. The van der Waals surface area contributed by atoms with Crippen LogP contribution in [0.2, 0.25) is 0 Å². The molecule has 0 saturated heterocycles. The van der Waals surface area contributed by atoms with E-state index in [4.69, 9.17) is 0 Å². The molecule has 0 aliphatic carbocycles. The van der Waals surface area contributed by atoms with Crippen LogP contribution in [-0.2, 0) is 13.2 Å². The molecule has 1 heterocycles. The Morgan fingerprint density at radius 1 is 1.08 bits per heavy atom. The van der Waals surface area contributed by atoms with E-state index in [1.807, 2.05) is 0 Å². The molecule has 0 unspecified atom stereocenters.